The quantitative estimate of drug-likeness (QED) is 0.501. The first kappa shape index (κ1) is 22.5. The third-order valence-electron chi connectivity index (χ3n) is 4.42. The van der Waals surface area contributed by atoms with Crippen LogP contribution in [0.15, 0.2) is 82.2 Å². The van der Waals surface area contributed by atoms with E-state index < -0.39 is 28.4 Å². The molecule has 0 aliphatic rings. The van der Waals surface area contributed by atoms with E-state index in [2.05, 4.69) is 21.2 Å². The molecule has 0 saturated carbocycles. The zero-order valence-corrected chi connectivity index (χ0v) is 18.9. The molecule has 3 aromatic rings. The zero-order chi connectivity index (χ0) is 22.6. The molecule has 0 bridgehead atoms. The van der Waals surface area contributed by atoms with Gasteiger partial charge in [-0.3, -0.25) is 9.10 Å². The minimum atomic E-state index is -4.07. The van der Waals surface area contributed by atoms with Gasteiger partial charge in [0, 0.05) is 4.47 Å². The van der Waals surface area contributed by atoms with Gasteiger partial charge in [0.05, 0.1) is 21.8 Å². The summed E-state index contributed by atoms with van der Waals surface area (Å²) in [5.74, 6) is -1.88. The van der Waals surface area contributed by atoms with Crippen molar-refractivity contribution in [3.05, 3.63) is 88.4 Å². The number of amides is 1. The van der Waals surface area contributed by atoms with Crippen LogP contribution in [0.1, 0.15) is 15.9 Å². The Bertz CT molecular complexity index is 1230. The SMILES string of the molecule is Cc1ccc(S(=O)(=O)N(CC(=O)Nc2ccccc2C(=O)O)c2cccc(Br)c2)cc1. The smallest absolute Gasteiger partial charge is 0.337 e. The third kappa shape index (κ3) is 5.31. The summed E-state index contributed by atoms with van der Waals surface area (Å²) >= 11 is 3.32. The molecule has 0 aliphatic heterocycles. The van der Waals surface area contributed by atoms with Crippen molar-refractivity contribution in [1.29, 1.82) is 0 Å². The third-order valence-corrected chi connectivity index (χ3v) is 6.71. The van der Waals surface area contributed by atoms with Gasteiger partial charge in [0.15, 0.2) is 0 Å². The normalized spacial score (nSPS) is 11.0. The lowest BCUT2D eigenvalue weighted by Gasteiger charge is -2.24. The lowest BCUT2D eigenvalue weighted by molar-refractivity contribution is -0.114. The fraction of sp³-hybridized carbons (Fsp3) is 0.0909. The minimum absolute atomic E-state index is 0.0387. The van der Waals surface area contributed by atoms with Gasteiger partial charge in [-0.2, -0.15) is 0 Å². The number of nitrogens with one attached hydrogen (secondary N) is 1. The minimum Gasteiger partial charge on any atom is -0.478 e. The van der Waals surface area contributed by atoms with Crippen LogP contribution in [-0.2, 0) is 14.8 Å². The van der Waals surface area contributed by atoms with E-state index in [4.69, 9.17) is 0 Å². The van der Waals surface area contributed by atoms with Gasteiger partial charge < -0.3 is 10.4 Å². The number of anilines is 2. The van der Waals surface area contributed by atoms with Crippen LogP contribution in [0.2, 0.25) is 0 Å². The highest BCUT2D eigenvalue weighted by Crippen LogP contribution is 2.27. The highest BCUT2D eigenvalue weighted by atomic mass is 79.9. The Kier molecular flexibility index (Phi) is 6.77. The highest BCUT2D eigenvalue weighted by Gasteiger charge is 2.27. The second kappa shape index (κ2) is 9.32. The number of rotatable bonds is 7. The maximum Gasteiger partial charge on any atom is 0.337 e. The summed E-state index contributed by atoms with van der Waals surface area (Å²) in [5.41, 5.74) is 1.18. The van der Waals surface area contributed by atoms with E-state index in [0.29, 0.717) is 4.47 Å². The maximum atomic E-state index is 13.4. The first-order valence-corrected chi connectivity index (χ1v) is 11.4. The van der Waals surface area contributed by atoms with Crippen molar-refractivity contribution >= 4 is 49.2 Å². The van der Waals surface area contributed by atoms with Crippen molar-refractivity contribution in [2.24, 2.45) is 0 Å². The van der Waals surface area contributed by atoms with Crippen LogP contribution in [0.4, 0.5) is 11.4 Å². The molecule has 2 N–H and O–H groups in total. The van der Waals surface area contributed by atoms with Gasteiger partial charge in [-0.1, -0.05) is 51.8 Å². The fourth-order valence-electron chi connectivity index (χ4n) is 2.88. The number of hydrogen-bond donors (Lipinski definition) is 2. The Morgan fingerprint density at radius 2 is 1.68 bits per heavy atom. The van der Waals surface area contributed by atoms with Crippen molar-refractivity contribution in [3.63, 3.8) is 0 Å². The molecule has 0 fully saturated rings. The molecule has 160 valence electrons. The van der Waals surface area contributed by atoms with Crippen LogP contribution in [0.25, 0.3) is 0 Å². The van der Waals surface area contributed by atoms with Crippen LogP contribution in [-0.4, -0.2) is 31.9 Å². The second-order valence-corrected chi connectivity index (χ2v) is 9.48. The largest absolute Gasteiger partial charge is 0.478 e. The summed E-state index contributed by atoms with van der Waals surface area (Å²) in [5, 5.41) is 11.8. The Labute approximate surface area is 188 Å². The van der Waals surface area contributed by atoms with Crippen LogP contribution in [0, 0.1) is 6.92 Å². The molecule has 31 heavy (non-hydrogen) atoms. The van der Waals surface area contributed by atoms with E-state index >= 15 is 0 Å². The van der Waals surface area contributed by atoms with Crippen molar-refractivity contribution < 1.29 is 23.1 Å². The highest BCUT2D eigenvalue weighted by molar-refractivity contribution is 9.10. The van der Waals surface area contributed by atoms with Gasteiger partial charge in [0.1, 0.15) is 6.54 Å². The van der Waals surface area contributed by atoms with Crippen molar-refractivity contribution in [2.75, 3.05) is 16.2 Å². The van der Waals surface area contributed by atoms with Gasteiger partial charge in [0.2, 0.25) is 5.91 Å². The van der Waals surface area contributed by atoms with Crippen LogP contribution >= 0.6 is 15.9 Å². The molecule has 0 aromatic heterocycles. The predicted molar refractivity (Wildman–Crippen MR) is 122 cm³/mol. The van der Waals surface area contributed by atoms with Crippen molar-refractivity contribution in [2.45, 2.75) is 11.8 Å². The molecule has 0 heterocycles. The lowest BCUT2D eigenvalue weighted by atomic mass is 10.2. The van der Waals surface area contributed by atoms with Crippen LogP contribution < -0.4 is 9.62 Å². The number of aromatic carboxylic acids is 1. The van der Waals surface area contributed by atoms with Crippen molar-refractivity contribution in [1.82, 2.24) is 0 Å². The topological polar surface area (TPSA) is 104 Å². The van der Waals surface area contributed by atoms with E-state index in [9.17, 15) is 23.1 Å². The number of hydrogen-bond acceptors (Lipinski definition) is 4. The molecule has 0 radical (unpaired) electrons. The summed E-state index contributed by atoms with van der Waals surface area (Å²) in [6.45, 7) is 1.30. The summed E-state index contributed by atoms with van der Waals surface area (Å²) in [6.07, 6.45) is 0. The molecule has 7 nitrogen and oxygen atoms in total. The van der Waals surface area contributed by atoms with Crippen LogP contribution in [0.3, 0.4) is 0 Å². The number of nitrogens with zero attached hydrogens (tertiary/aromatic N) is 1. The fourth-order valence-corrected chi connectivity index (χ4v) is 4.68. The number of halogens is 1. The van der Waals surface area contributed by atoms with E-state index in [1.807, 2.05) is 6.92 Å². The van der Waals surface area contributed by atoms with E-state index in [1.165, 1.54) is 30.3 Å². The Morgan fingerprint density at radius 3 is 2.32 bits per heavy atom. The number of carbonyl (C=O) groups excluding carboxylic acids is 1. The maximum absolute atomic E-state index is 13.4. The molecule has 3 aromatic carbocycles. The Morgan fingerprint density at radius 1 is 1.00 bits per heavy atom. The number of carboxylic acids is 1. The lowest BCUT2D eigenvalue weighted by Crippen LogP contribution is -2.38. The van der Waals surface area contributed by atoms with Gasteiger partial charge in [-0.15, -0.1) is 0 Å². The number of carboxylic acid groups (broad SMARTS) is 1. The number of carbonyl (C=O) groups is 2. The summed E-state index contributed by atoms with van der Waals surface area (Å²) < 4.78 is 28.3. The standard InChI is InChI=1S/C22H19BrN2O5S/c1-15-9-11-18(12-10-15)31(29,30)25(17-6-4-5-16(23)13-17)14-21(26)24-20-8-3-2-7-19(20)22(27)28/h2-13H,14H2,1H3,(H,24,26)(H,27,28). The zero-order valence-electron chi connectivity index (χ0n) is 16.4. The molecule has 9 heteroatoms. The molecule has 3 rings (SSSR count). The van der Waals surface area contributed by atoms with E-state index in [-0.39, 0.29) is 21.8 Å². The van der Waals surface area contributed by atoms with E-state index in [0.717, 1.165) is 9.87 Å². The summed E-state index contributed by atoms with van der Waals surface area (Å²) in [4.78, 5) is 24.2. The molecule has 0 aliphatic carbocycles. The molecular weight excluding hydrogens is 484 g/mol. The van der Waals surface area contributed by atoms with E-state index in [1.54, 1.807) is 42.5 Å². The first-order chi connectivity index (χ1) is 14.7. The number of aryl methyl sites for hydroxylation is 1. The van der Waals surface area contributed by atoms with Gasteiger partial charge in [0.25, 0.3) is 10.0 Å². The summed E-state index contributed by atoms with van der Waals surface area (Å²) in [7, 11) is -4.07. The second-order valence-electron chi connectivity index (χ2n) is 6.70. The first-order valence-electron chi connectivity index (χ1n) is 9.15. The van der Waals surface area contributed by atoms with Crippen molar-refractivity contribution in [3.8, 4) is 0 Å². The molecular formula is C22H19BrN2O5S. The Hall–Kier alpha value is -3.17. The number of benzene rings is 3. The average molecular weight is 503 g/mol. The Balaban J connectivity index is 1.97. The molecule has 1 amide bonds. The van der Waals surface area contributed by atoms with Gasteiger partial charge in [-0.05, 0) is 49.4 Å². The monoisotopic (exact) mass is 502 g/mol. The molecule has 0 saturated heterocycles. The predicted octanol–water partition coefficient (Wildman–Crippen LogP) is 4.29. The molecule has 0 unspecified atom stereocenters. The summed E-state index contributed by atoms with van der Waals surface area (Å²) in [6, 6.07) is 18.8. The van der Waals surface area contributed by atoms with Gasteiger partial charge >= 0.3 is 5.97 Å². The van der Waals surface area contributed by atoms with Gasteiger partial charge in [-0.25, -0.2) is 13.2 Å². The average Bonchev–Trinajstić information content (AvgIpc) is 2.72. The number of sulfonamides is 1. The number of para-hydroxylation sites is 1. The van der Waals surface area contributed by atoms with Crippen LogP contribution in [0.5, 0.6) is 0 Å². The molecule has 0 atom stereocenters. The molecule has 0 spiro atoms.